The van der Waals surface area contributed by atoms with Gasteiger partial charge in [-0.3, -0.25) is 4.79 Å². The van der Waals surface area contributed by atoms with E-state index in [1.165, 1.54) is 6.08 Å². The Kier molecular flexibility index (Phi) is 4.71. The maximum absolute atomic E-state index is 11.9. The Balaban J connectivity index is 1.99. The van der Waals surface area contributed by atoms with Crippen molar-refractivity contribution in [3.63, 3.8) is 0 Å². The lowest BCUT2D eigenvalue weighted by Crippen LogP contribution is -2.24. The van der Waals surface area contributed by atoms with Crippen LogP contribution < -0.4 is 10.1 Å². The van der Waals surface area contributed by atoms with E-state index < -0.39 is 0 Å². The molecule has 0 spiro atoms. The number of nitrogens with zero attached hydrogens (tertiary/aromatic N) is 2. The summed E-state index contributed by atoms with van der Waals surface area (Å²) in [6.45, 7) is 3.50. The number of aryl methyl sites for hydroxylation is 1. The normalized spacial score (nSPS) is 12.3. The fraction of sp³-hybridized carbons (Fsp3) is 0.267. The van der Waals surface area contributed by atoms with Crippen LogP contribution in [0, 0.1) is 6.92 Å². The van der Waals surface area contributed by atoms with Gasteiger partial charge in [-0.25, -0.2) is 0 Å². The molecule has 1 heterocycles. The molecular formula is C15H17N3O3. The Morgan fingerprint density at radius 3 is 2.86 bits per heavy atom. The topological polar surface area (TPSA) is 77.2 Å². The van der Waals surface area contributed by atoms with Crippen molar-refractivity contribution in [1.82, 2.24) is 15.5 Å². The number of benzene rings is 1. The van der Waals surface area contributed by atoms with E-state index in [-0.39, 0.29) is 11.9 Å². The van der Waals surface area contributed by atoms with E-state index in [9.17, 15) is 4.79 Å². The van der Waals surface area contributed by atoms with Gasteiger partial charge in [0.1, 0.15) is 11.8 Å². The van der Waals surface area contributed by atoms with Crippen molar-refractivity contribution >= 4 is 12.0 Å². The number of carbonyl (C=O) groups excluding carboxylic acids is 1. The first-order valence-corrected chi connectivity index (χ1v) is 6.52. The third-order valence-corrected chi connectivity index (χ3v) is 2.83. The van der Waals surface area contributed by atoms with Crippen LogP contribution in [0.15, 0.2) is 34.9 Å². The van der Waals surface area contributed by atoms with Gasteiger partial charge in [0.15, 0.2) is 5.82 Å². The second-order valence-electron chi connectivity index (χ2n) is 4.49. The molecule has 21 heavy (non-hydrogen) atoms. The molecule has 1 atom stereocenters. The van der Waals surface area contributed by atoms with Crippen molar-refractivity contribution in [2.24, 2.45) is 0 Å². The molecule has 1 aromatic heterocycles. The number of hydrogen-bond donors (Lipinski definition) is 1. The van der Waals surface area contributed by atoms with Crippen LogP contribution >= 0.6 is 0 Å². The molecule has 0 unspecified atom stereocenters. The second-order valence-corrected chi connectivity index (χ2v) is 4.49. The van der Waals surface area contributed by atoms with Crippen LogP contribution in [0.3, 0.4) is 0 Å². The van der Waals surface area contributed by atoms with Crippen molar-refractivity contribution in [2.45, 2.75) is 19.9 Å². The number of aromatic nitrogens is 2. The predicted octanol–water partition coefficient (Wildman–Crippen LogP) is 2.28. The zero-order chi connectivity index (χ0) is 15.2. The molecule has 1 amide bonds. The van der Waals surface area contributed by atoms with Gasteiger partial charge >= 0.3 is 0 Å². The van der Waals surface area contributed by atoms with Crippen molar-refractivity contribution < 1.29 is 14.1 Å². The van der Waals surface area contributed by atoms with Crippen molar-refractivity contribution in [1.29, 1.82) is 0 Å². The van der Waals surface area contributed by atoms with E-state index in [1.807, 2.05) is 24.3 Å². The van der Waals surface area contributed by atoms with E-state index in [4.69, 9.17) is 9.26 Å². The molecule has 6 heteroatoms. The molecule has 0 aliphatic heterocycles. The summed E-state index contributed by atoms with van der Waals surface area (Å²) in [5.74, 6) is 1.38. The van der Waals surface area contributed by atoms with E-state index in [0.29, 0.717) is 17.5 Å². The SMILES string of the molecule is COc1ccccc1/C=C\C(=O)N[C@@H](C)c1nc(C)no1. The molecule has 2 rings (SSSR count). The van der Waals surface area contributed by atoms with Gasteiger partial charge in [-0.1, -0.05) is 23.4 Å². The number of rotatable bonds is 5. The molecular weight excluding hydrogens is 270 g/mol. The van der Waals surface area contributed by atoms with E-state index in [1.54, 1.807) is 27.0 Å². The number of ether oxygens (including phenoxy) is 1. The largest absolute Gasteiger partial charge is 0.496 e. The average Bonchev–Trinajstić information content (AvgIpc) is 2.92. The molecule has 0 aliphatic rings. The minimum Gasteiger partial charge on any atom is -0.496 e. The summed E-state index contributed by atoms with van der Waals surface area (Å²) in [6, 6.07) is 7.11. The fourth-order valence-electron chi connectivity index (χ4n) is 1.78. The van der Waals surface area contributed by atoms with Crippen molar-refractivity contribution in [2.75, 3.05) is 7.11 Å². The van der Waals surface area contributed by atoms with Gasteiger partial charge in [0, 0.05) is 11.6 Å². The van der Waals surface area contributed by atoms with Crippen LogP contribution in [0.4, 0.5) is 0 Å². The number of hydrogen-bond acceptors (Lipinski definition) is 5. The number of methoxy groups -OCH3 is 1. The lowest BCUT2D eigenvalue weighted by atomic mass is 10.2. The van der Waals surface area contributed by atoms with Gasteiger partial charge < -0.3 is 14.6 Å². The van der Waals surface area contributed by atoms with Crippen LogP contribution in [0.1, 0.15) is 30.2 Å². The first kappa shape index (κ1) is 14.8. The monoisotopic (exact) mass is 287 g/mol. The highest BCUT2D eigenvalue weighted by molar-refractivity contribution is 5.92. The maximum Gasteiger partial charge on any atom is 0.248 e. The smallest absolute Gasteiger partial charge is 0.248 e. The van der Waals surface area contributed by atoms with Crippen molar-refractivity contribution in [3.8, 4) is 5.75 Å². The Labute approximate surface area is 122 Å². The zero-order valence-electron chi connectivity index (χ0n) is 12.2. The van der Waals surface area contributed by atoms with E-state index in [2.05, 4.69) is 15.5 Å². The minimum atomic E-state index is -0.346. The third-order valence-electron chi connectivity index (χ3n) is 2.83. The molecule has 0 bridgehead atoms. The Morgan fingerprint density at radius 1 is 1.43 bits per heavy atom. The molecule has 0 saturated carbocycles. The predicted molar refractivity (Wildman–Crippen MR) is 77.6 cm³/mol. The fourth-order valence-corrected chi connectivity index (χ4v) is 1.78. The number of para-hydroxylation sites is 1. The summed E-state index contributed by atoms with van der Waals surface area (Å²) in [5, 5.41) is 6.44. The highest BCUT2D eigenvalue weighted by Gasteiger charge is 2.14. The highest BCUT2D eigenvalue weighted by Crippen LogP contribution is 2.18. The van der Waals surface area contributed by atoms with Gasteiger partial charge in [0.05, 0.1) is 7.11 Å². The van der Waals surface area contributed by atoms with E-state index in [0.717, 1.165) is 5.56 Å². The highest BCUT2D eigenvalue weighted by atomic mass is 16.5. The number of carbonyl (C=O) groups is 1. The summed E-state index contributed by atoms with van der Waals surface area (Å²) in [7, 11) is 1.59. The van der Waals surface area contributed by atoms with E-state index >= 15 is 0 Å². The first-order valence-electron chi connectivity index (χ1n) is 6.52. The Hall–Kier alpha value is -2.63. The first-order chi connectivity index (χ1) is 10.1. The van der Waals surface area contributed by atoms with Crippen LogP contribution in [-0.2, 0) is 4.79 Å². The zero-order valence-corrected chi connectivity index (χ0v) is 12.2. The molecule has 1 N–H and O–H groups in total. The molecule has 0 aliphatic carbocycles. The second kappa shape index (κ2) is 6.69. The maximum atomic E-state index is 11.9. The van der Waals surface area contributed by atoms with Gasteiger partial charge in [0.2, 0.25) is 11.8 Å². The molecule has 0 fully saturated rings. The summed E-state index contributed by atoms with van der Waals surface area (Å²) < 4.78 is 10.2. The summed E-state index contributed by atoms with van der Waals surface area (Å²) in [5.41, 5.74) is 0.830. The molecule has 1 aromatic carbocycles. The summed E-state index contributed by atoms with van der Waals surface area (Å²) in [4.78, 5) is 16.0. The number of nitrogens with one attached hydrogen (secondary N) is 1. The Morgan fingerprint density at radius 2 is 2.19 bits per heavy atom. The molecule has 0 radical (unpaired) electrons. The van der Waals surface area contributed by atoms with Crippen molar-refractivity contribution in [3.05, 3.63) is 47.6 Å². The molecule has 0 saturated heterocycles. The lowest BCUT2D eigenvalue weighted by Gasteiger charge is -2.07. The molecule has 110 valence electrons. The summed E-state index contributed by atoms with van der Waals surface area (Å²) >= 11 is 0. The third kappa shape index (κ3) is 3.92. The standard InChI is InChI=1S/C15H17N3O3/c1-10(15-17-11(2)18-21-15)16-14(19)9-8-12-6-4-5-7-13(12)20-3/h4-10H,1-3H3,(H,16,19)/b9-8-/t10-/m0/s1. The van der Waals surface area contributed by atoms with Crippen LogP contribution in [-0.4, -0.2) is 23.2 Å². The van der Waals surface area contributed by atoms with Crippen LogP contribution in [0.2, 0.25) is 0 Å². The molecule has 2 aromatic rings. The van der Waals surface area contributed by atoms with Gasteiger partial charge in [-0.05, 0) is 26.0 Å². The van der Waals surface area contributed by atoms with Gasteiger partial charge in [-0.2, -0.15) is 4.98 Å². The lowest BCUT2D eigenvalue weighted by molar-refractivity contribution is -0.117. The minimum absolute atomic E-state index is 0.246. The van der Waals surface area contributed by atoms with Gasteiger partial charge in [0.25, 0.3) is 0 Å². The molecule has 6 nitrogen and oxygen atoms in total. The summed E-state index contributed by atoms with van der Waals surface area (Å²) in [6.07, 6.45) is 3.14. The number of amides is 1. The average molecular weight is 287 g/mol. The van der Waals surface area contributed by atoms with Gasteiger partial charge in [-0.15, -0.1) is 0 Å². The van der Waals surface area contributed by atoms with Crippen LogP contribution in [0.5, 0.6) is 5.75 Å². The Bertz CT molecular complexity index is 649. The quantitative estimate of drug-likeness (QED) is 0.854. The van der Waals surface area contributed by atoms with Crippen LogP contribution in [0.25, 0.3) is 6.08 Å².